The Balaban J connectivity index is 1.63. The first-order valence-electron chi connectivity index (χ1n) is 9.28. The molecule has 1 atom stereocenters. The molecule has 2 aromatic carbocycles. The summed E-state index contributed by atoms with van der Waals surface area (Å²) >= 11 is 0. The number of nitrogens with zero attached hydrogens (tertiary/aromatic N) is 1. The van der Waals surface area contributed by atoms with Crippen molar-refractivity contribution >= 4 is 21.7 Å². The number of urea groups is 1. The number of rotatable bonds is 6. The molecule has 2 amide bonds. The molecule has 6 nitrogen and oxygen atoms in total. The van der Waals surface area contributed by atoms with Gasteiger partial charge in [0.2, 0.25) is 10.0 Å². The molecular weight excluding hydrogens is 381 g/mol. The van der Waals surface area contributed by atoms with Crippen LogP contribution in [0, 0.1) is 5.82 Å². The summed E-state index contributed by atoms with van der Waals surface area (Å²) in [7, 11) is -3.69. The van der Waals surface area contributed by atoms with E-state index in [0.29, 0.717) is 18.7 Å². The molecule has 1 aliphatic rings. The van der Waals surface area contributed by atoms with Crippen LogP contribution >= 0.6 is 0 Å². The van der Waals surface area contributed by atoms with Crippen LogP contribution in [0.5, 0.6) is 0 Å². The van der Waals surface area contributed by atoms with Gasteiger partial charge in [-0.1, -0.05) is 42.8 Å². The van der Waals surface area contributed by atoms with Gasteiger partial charge in [0.1, 0.15) is 5.82 Å². The van der Waals surface area contributed by atoms with E-state index in [1.54, 1.807) is 18.2 Å². The van der Waals surface area contributed by atoms with Gasteiger partial charge in [-0.25, -0.2) is 17.6 Å². The summed E-state index contributed by atoms with van der Waals surface area (Å²) < 4.78 is 41.1. The molecule has 1 heterocycles. The van der Waals surface area contributed by atoms with Gasteiger partial charge >= 0.3 is 6.03 Å². The number of sulfonamides is 1. The quantitative estimate of drug-likeness (QED) is 0.774. The molecule has 150 valence electrons. The van der Waals surface area contributed by atoms with Gasteiger partial charge in [-0.15, -0.1) is 0 Å². The predicted octanol–water partition coefficient (Wildman–Crippen LogP) is 3.33. The van der Waals surface area contributed by atoms with Gasteiger partial charge < -0.3 is 10.6 Å². The number of benzene rings is 2. The molecule has 0 saturated carbocycles. The van der Waals surface area contributed by atoms with Gasteiger partial charge in [0.25, 0.3) is 0 Å². The van der Waals surface area contributed by atoms with Crippen molar-refractivity contribution in [2.75, 3.05) is 18.4 Å². The average Bonchev–Trinajstić information content (AvgIpc) is 2.69. The molecule has 28 heavy (non-hydrogen) atoms. The Morgan fingerprint density at radius 3 is 2.54 bits per heavy atom. The normalized spacial score (nSPS) is 17.8. The maximum atomic E-state index is 13.9. The third-order valence-corrected chi connectivity index (χ3v) is 6.63. The summed E-state index contributed by atoms with van der Waals surface area (Å²) in [6, 6.07) is 14.2. The van der Waals surface area contributed by atoms with E-state index >= 15 is 0 Å². The van der Waals surface area contributed by atoms with E-state index in [9.17, 15) is 17.6 Å². The van der Waals surface area contributed by atoms with Gasteiger partial charge in [0.05, 0.1) is 5.75 Å². The fourth-order valence-electron chi connectivity index (χ4n) is 3.35. The maximum Gasteiger partial charge on any atom is 0.319 e. The molecule has 0 spiro atoms. The number of amides is 2. The summed E-state index contributed by atoms with van der Waals surface area (Å²) in [5, 5.41) is 5.46. The van der Waals surface area contributed by atoms with E-state index in [4.69, 9.17) is 0 Å². The summed E-state index contributed by atoms with van der Waals surface area (Å²) in [5.41, 5.74) is 0.814. The van der Waals surface area contributed by atoms with E-state index in [0.717, 1.165) is 12.8 Å². The Kier molecular flexibility index (Phi) is 6.64. The first kappa shape index (κ1) is 20.3. The molecular formula is C20H24FN3O3S. The number of hydrogen-bond acceptors (Lipinski definition) is 3. The number of hydrogen-bond donors (Lipinski definition) is 2. The van der Waals surface area contributed by atoms with Crippen molar-refractivity contribution in [2.45, 2.75) is 31.1 Å². The van der Waals surface area contributed by atoms with Crippen molar-refractivity contribution in [3.8, 4) is 0 Å². The highest BCUT2D eigenvalue weighted by molar-refractivity contribution is 7.88. The summed E-state index contributed by atoms with van der Waals surface area (Å²) in [4.78, 5) is 12.1. The predicted molar refractivity (Wildman–Crippen MR) is 107 cm³/mol. The number of piperidine rings is 1. The first-order valence-corrected chi connectivity index (χ1v) is 10.9. The lowest BCUT2D eigenvalue weighted by Crippen LogP contribution is -2.50. The lowest BCUT2D eigenvalue weighted by atomic mass is 10.1. The number of carbonyl (C=O) groups excluding carboxylic acids is 1. The smallest absolute Gasteiger partial charge is 0.319 e. The lowest BCUT2D eigenvalue weighted by Gasteiger charge is -2.34. The van der Waals surface area contributed by atoms with Crippen LogP contribution in [0.25, 0.3) is 0 Å². The zero-order valence-corrected chi connectivity index (χ0v) is 16.3. The Morgan fingerprint density at radius 2 is 1.79 bits per heavy atom. The van der Waals surface area contributed by atoms with E-state index in [-0.39, 0.29) is 29.9 Å². The second kappa shape index (κ2) is 9.16. The standard InChI is InChI=1S/C20H24FN3O3S/c21-19-12-5-4-8-16(19)15-28(26,27)24-13-7-6-11-18(24)14-22-20(25)23-17-9-2-1-3-10-17/h1-5,8-10,12,18H,6-7,11,13-15H2,(H2,22,23,25). The zero-order valence-electron chi connectivity index (χ0n) is 15.5. The van der Waals surface area contributed by atoms with Crippen LogP contribution in [0.1, 0.15) is 24.8 Å². The van der Waals surface area contributed by atoms with Crippen LogP contribution in [0.3, 0.4) is 0 Å². The molecule has 0 radical (unpaired) electrons. The van der Waals surface area contributed by atoms with Crippen LogP contribution < -0.4 is 10.6 Å². The van der Waals surface area contributed by atoms with Crippen molar-refractivity contribution in [1.29, 1.82) is 0 Å². The van der Waals surface area contributed by atoms with Crippen LogP contribution in [-0.2, 0) is 15.8 Å². The molecule has 1 unspecified atom stereocenters. The van der Waals surface area contributed by atoms with E-state index < -0.39 is 15.8 Å². The average molecular weight is 405 g/mol. The number of anilines is 1. The van der Waals surface area contributed by atoms with Gasteiger partial charge in [-0.2, -0.15) is 4.31 Å². The largest absolute Gasteiger partial charge is 0.336 e. The highest BCUT2D eigenvalue weighted by Gasteiger charge is 2.33. The molecule has 0 aromatic heterocycles. The summed E-state index contributed by atoms with van der Waals surface area (Å²) in [5.74, 6) is -0.910. The SMILES string of the molecule is O=C(NCC1CCCCN1S(=O)(=O)Cc1ccccc1F)Nc1ccccc1. The zero-order chi connectivity index (χ0) is 20.0. The highest BCUT2D eigenvalue weighted by Crippen LogP contribution is 2.23. The van der Waals surface area contributed by atoms with Gasteiger partial charge in [0, 0.05) is 30.4 Å². The summed E-state index contributed by atoms with van der Waals surface area (Å²) in [6.45, 7) is 0.582. The fraction of sp³-hybridized carbons (Fsp3) is 0.350. The van der Waals surface area contributed by atoms with Crippen LogP contribution in [-0.4, -0.2) is 37.9 Å². The molecule has 2 aromatic rings. The fourth-order valence-corrected chi connectivity index (χ4v) is 5.18. The van der Waals surface area contributed by atoms with Crippen molar-refractivity contribution < 1.29 is 17.6 Å². The third kappa shape index (κ3) is 5.30. The van der Waals surface area contributed by atoms with Gasteiger partial charge in [-0.05, 0) is 31.0 Å². The molecule has 2 N–H and O–H groups in total. The minimum Gasteiger partial charge on any atom is -0.336 e. The third-order valence-electron chi connectivity index (χ3n) is 4.76. The number of para-hydroxylation sites is 1. The van der Waals surface area contributed by atoms with Crippen LogP contribution in [0.15, 0.2) is 54.6 Å². The van der Waals surface area contributed by atoms with E-state index in [1.165, 1.54) is 22.5 Å². The second-order valence-corrected chi connectivity index (χ2v) is 8.73. The van der Waals surface area contributed by atoms with E-state index in [2.05, 4.69) is 10.6 Å². The van der Waals surface area contributed by atoms with Crippen molar-refractivity contribution in [1.82, 2.24) is 9.62 Å². The Hall–Kier alpha value is -2.45. The summed E-state index contributed by atoms with van der Waals surface area (Å²) in [6.07, 6.45) is 2.30. The lowest BCUT2D eigenvalue weighted by molar-refractivity contribution is 0.231. The van der Waals surface area contributed by atoms with Crippen molar-refractivity contribution in [3.05, 3.63) is 66.0 Å². The highest BCUT2D eigenvalue weighted by atomic mass is 32.2. The molecule has 1 fully saturated rings. The van der Waals surface area contributed by atoms with Crippen LogP contribution in [0.4, 0.5) is 14.9 Å². The minimum absolute atomic E-state index is 0.154. The molecule has 0 aliphatic carbocycles. The van der Waals surface area contributed by atoms with Gasteiger partial charge in [0.15, 0.2) is 0 Å². The number of nitrogens with one attached hydrogen (secondary N) is 2. The molecule has 0 bridgehead atoms. The molecule has 1 aliphatic heterocycles. The topological polar surface area (TPSA) is 78.5 Å². The molecule has 3 rings (SSSR count). The Morgan fingerprint density at radius 1 is 1.07 bits per heavy atom. The van der Waals surface area contributed by atoms with Gasteiger partial charge in [-0.3, -0.25) is 0 Å². The Bertz CT molecular complexity index is 906. The van der Waals surface area contributed by atoms with Crippen molar-refractivity contribution in [3.63, 3.8) is 0 Å². The van der Waals surface area contributed by atoms with Crippen LogP contribution in [0.2, 0.25) is 0 Å². The monoisotopic (exact) mass is 405 g/mol. The first-order chi connectivity index (χ1) is 13.5. The molecule has 8 heteroatoms. The van der Waals surface area contributed by atoms with Crippen molar-refractivity contribution in [2.24, 2.45) is 0 Å². The maximum absolute atomic E-state index is 13.9. The number of carbonyl (C=O) groups is 1. The van der Waals surface area contributed by atoms with E-state index in [1.807, 2.05) is 18.2 Å². The Labute approximate surface area is 164 Å². The minimum atomic E-state index is -3.69. The molecule has 1 saturated heterocycles. The number of halogens is 1. The second-order valence-electron chi connectivity index (χ2n) is 6.81.